The van der Waals surface area contributed by atoms with Crippen LogP contribution in [0.1, 0.15) is 19.8 Å². The van der Waals surface area contributed by atoms with Gasteiger partial charge in [0.1, 0.15) is 0 Å². The summed E-state index contributed by atoms with van der Waals surface area (Å²) in [6, 6.07) is -0.238. The van der Waals surface area contributed by atoms with Crippen LogP contribution in [0.3, 0.4) is 0 Å². The Balaban J connectivity index is 2.18. The molecule has 1 heterocycles. The molecule has 2 atom stereocenters. The Kier molecular flexibility index (Phi) is 5.88. The molecular formula is C12H25N3O2. The van der Waals surface area contributed by atoms with E-state index in [2.05, 4.69) is 10.2 Å². The topological polar surface area (TPSA) is 55.8 Å². The summed E-state index contributed by atoms with van der Waals surface area (Å²) in [7, 11) is 3.47. The maximum Gasteiger partial charge on any atom is 0.238 e. The van der Waals surface area contributed by atoms with E-state index in [0.717, 1.165) is 13.1 Å². The molecule has 17 heavy (non-hydrogen) atoms. The van der Waals surface area contributed by atoms with Crippen molar-refractivity contribution in [1.29, 1.82) is 0 Å². The Labute approximate surface area is 104 Å². The number of nitrogens with zero attached hydrogens (tertiary/aromatic N) is 2. The second-order valence-corrected chi connectivity index (χ2v) is 5.02. The Morgan fingerprint density at radius 3 is 2.53 bits per heavy atom. The van der Waals surface area contributed by atoms with Gasteiger partial charge < -0.3 is 20.2 Å². The first kappa shape index (κ1) is 14.4. The Hall–Kier alpha value is -0.650. The zero-order valence-electron chi connectivity index (χ0n) is 11.1. The van der Waals surface area contributed by atoms with Crippen LogP contribution >= 0.6 is 0 Å². The van der Waals surface area contributed by atoms with Crippen molar-refractivity contribution in [3.05, 3.63) is 0 Å². The van der Waals surface area contributed by atoms with Gasteiger partial charge in [0.15, 0.2) is 0 Å². The van der Waals surface area contributed by atoms with Gasteiger partial charge in [0.25, 0.3) is 0 Å². The van der Waals surface area contributed by atoms with Crippen molar-refractivity contribution < 1.29 is 9.90 Å². The van der Waals surface area contributed by atoms with E-state index in [1.165, 1.54) is 12.8 Å². The van der Waals surface area contributed by atoms with E-state index in [1.54, 1.807) is 19.0 Å². The van der Waals surface area contributed by atoms with Crippen molar-refractivity contribution in [3.63, 3.8) is 0 Å². The predicted molar refractivity (Wildman–Crippen MR) is 67.8 cm³/mol. The number of hydrogen-bond donors (Lipinski definition) is 2. The maximum absolute atomic E-state index is 11.6. The SMILES string of the molecule is CC(NCC(O)CN1CCCC1)C(=O)N(C)C. The van der Waals surface area contributed by atoms with E-state index in [9.17, 15) is 9.90 Å². The highest BCUT2D eigenvalue weighted by Crippen LogP contribution is 2.07. The fourth-order valence-corrected chi connectivity index (χ4v) is 2.12. The molecule has 1 fully saturated rings. The average molecular weight is 243 g/mol. The van der Waals surface area contributed by atoms with E-state index in [0.29, 0.717) is 13.1 Å². The molecule has 0 aromatic heterocycles. The highest BCUT2D eigenvalue weighted by molar-refractivity contribution is 5.80. The minimum absolute atomic E-state index is 0.0402. The van der Waals surface area contributed by atoms with E-state index in [-0.39, 0.29) is 11.9 Å². The second-order valence-electron chi connectivity index (χ2n) is 5.02. The van der Waals surface area contributed by atoms with Gasteiger partial charge in [0.05, 0.1) is 12.1 Å². The summed E-state index contributed by atoms with van der Waals surface area (Å²) in [6.45, 7) is 5.17. The van der Waals surface area contributed by atoms with Gasteiger partial charge in [-0.25, -0.2) is 0 Å². The lowest BCUT2D eigenvalue weighted by Gasteiger charge is -2.22. The van der Waals surface area contributed by atoms with Gasteiger partial charge in [0, 0.05) is 27.2 Å². The number of β-amino-alcohol motifs (C(OH)–C–C–N with tert-alkyl or cyclic N) is 1. The van der Waals surface area contributed by atoms with Crippen LogP contribution in [0.25, 0.3) is 0 Å². The van der Waals surface area contributed by atoms with Crippen molar-refractivity contribution in [1.82, 2.24) is 15.1 Å². The molecule has 0 saturated carbocycles. The fourth-order valence-electron chi connectivity index (χ4n) is 2.12. The summed E-state index contributed by atoms with van der Waals surface area (Å²) in [5, 5.41) is 12.9. The lowest BCUT2D eigenvalue weighted by atomic mass is 10.2. The van der Waals surface area contributed by atoms with Crippen LogP contribution in [-0.4, -0.2) is 73.2 Å². The lowest BCUT2D eigenvalue weighted by Crippen LogP contribution is -2.46. The molecule has 0 radical (unpaired) electrons. The van der Waals surface area contributed by atoms with Gasteiger partial charge in [-0.15, -0.1) is 0 Å². The quantitative estimate of drug-likeness (QED) is 0.661. The predicted octanol–water partition coefficient (Wildman–Crippen LogP) is -0.491. The molecule has 100 valence electrons. The minimum atomic E-state index is -0.398. The largest absolute Gasteiger partial charge is 0.390 e. The van der Waals surface area contributed by atoms with Crippen LogP contribution in [0.5, 0.6) is 0 Å². The summed E-state index contributed by atoms with van der Waals surface area (Å²) >= 11 is 0. The van der Waals surface area contributed by atoms with Crippen LogP contribution in [0.4, 0.5) is 0 Å². The zero-order valence-corrected chi connectivity index (χ0v) is 11.1. The van der Waals surface area contributed by atoms with Crippen molar-refractivity contribution in [2.45, 2.75) is 31.9 Å². The first-order chi connectivity index (χ1) is 8.00. The van der Waals surface area contributed by atoms with Crippen molar-refractivity contribution in [2.24, 2.45) is 0 Å². The Bertz CT molecular complexity index is 240. The second kappa shape index (κ2) is 6.93. The molecule has 1 aliphatic rings. The smallest absolute Gasteiger partial charge is 0.238 e. The van der Waals surface area contributed by atoms with Gasteiger partial charge >= 0.3 is 0 Å². The normalized spacial score (nSPS) is 20.2. The number of aliphatic hydroxyl groups is 1. The molecule has 2 N–H and O–H groups in total. The number of carbonyl (C=O) groups excluding carboxylic acids is 1. The van der Waals surface area contributed by atoms with Gasteiger partial charge in [0.2, 0.25) is 5.91 Å². The van der Waals surface area contributed by atoms with Gasteiger partial charge in [-0.1, -0.05) is 0 Å². The molecule has 1 amide bonds. The first-order valence-corrected chi connectivity index (χ1v) is 6.35. The molecule has 2 unspecified atom stereocenters. The van der Waals surface area contributed by atoms with Gasteiger partial charge in [-0.2, -0.15) is 0 Å². The first-order valence-electron chi connectivity index (χ1n) is 6.35. The van der Waals surface area contributed by atoms with Crippen LogP contribution in [0.2, 0.25) is 0 Å². The number of hydrogen-bond acceptors (Lipinski definition) is 4. The molecule has 0 aliphatic carbocycles. The summed E-state index contributed by atoms with van der Waals surface area (Å²) < 4.78 is 0. The third-order valence-electron chi connectivity index (χ3n) is 3.14. The summed E-state index contributed by atoms with van der Waals surface area (Å²) in [6.07, 6.45) is 2.07. The lowest BCUT2D eigenvalue weighted by molar-refractivity contribution is -0.130. The van der Waals surface area contributed by atoms with Crippen molar-refractivity contribution in [2.75, 3.05) is 40.3 Å². The number of rotatable bonds is 6. The standard InChI is InChI=1S/C12H25N3O2/c1-10(12(17)14(2)3)13-8-11(16)9-15-6-4-5-7-15/h10-11,13,16H,4-9H2,1-3H3. The van der Waals surface area contributed by atoms with Crippen molar-refractivity contribution >= 4 is 5.91 Å². The molecule has 5 nitrogen and oxygen atoms in total. The van der Waals surface area contributed by atoms with Crippen LogP contribution in [-0.2, 0) is 4.79 Å². The molecule has 0 aromatic carbocycles. The number of likely N-dealkylation sites (N-methyl/N-ethyl adjacent to an activating group) is 1. The zero-order chi connectivity index (χ0) is 12.8. The van der Waals surface area contributed by atoms with E-state index in [1.807, 2.05) is 6.92 Å². The fraction of sp³-hybridized carbons (Fsp3) is 0.917. The molecular weight excluding hydrogens is 218 g/mol. The summed E-state index contributed by atoms with van der Waals surface area (Å²) in [5.74, 6) is 0.0402. The maximum atomic E-state index is 11.6. The van der Waals surface area contributed by atoms with E-state index < -0.39 is 6.10 Å². The van der Waals surface area contributed by atoms with Crippen LogP contribution in [0, 0.1) is 0 Å². The highest BCUT2D eigenvalue weighted by atomic mass is 16.3. The molecule has 0 spiro atoms. The Morgan fingerprint density at radius 2 is 2.00 bits per heavy atom. The van der Waals surface area contributed by atoms with E-state index >= 15 is 0 Å². The number of amides is 1. The number of nitrogens with one attached hydrogen (secondary N) is 1. The molecule has 0 aromatic rings. The third kappa shape index (κ3) is 5.02. The van der Waals surface area contributed by atoms with Crippen LogP contribution < -0.4 is 5.32 Å². The molecule has 1 saturated heterocycles. The number of likely N-dealkylation sites (tertiary alicyclic amines) is 1. The monoisotopic (exact) mass is 243 g/mol. The molecule has 1 aliphatic heterocycles. The average Bonchev–Trinajstić information content (AvgIpc) is 2.77. The highest BCUT2D eigenvalue weighted by Gasteiger charge is 2.18. The molecule has 1 rings (SSSR count). The number of aliphatic hydroxyl groups excluding tert-OH is 1. The van der Waals surface area contributed by atoms with E-state index in [4.69, 9.17) is 0 Å². The van der Waals surface area contributed by atoms with Crippen LogP contribution in [0.15, 0.2) is 0 Å². The van der Waals surface area contributed by atoms with Gasteiger partial charge in [-0.3, -0.25) is 4.79 Å². The summed E-state index contributed by atoms with van der Waals surface area (Å²) in [4.78, 5) is 15.4. The van der Waals surface area contributed by atoms with Gasteiger partial charge in [-0.05, 0) is 32.9 Å². The van der Waals surface area contributed by atoms with Crippen molar-refractivity contribution in [3.8, 4) is 0 Å². The molecule has 0 bridgehead atoms. The minimum Gasteiger partial charge on any atom is -0.390 e. The number of carbonyl (C=O) groups is 1. The molecule has 5 heteroatoms. The summed E-state index contributed by atoms with van der Waals surface area (Å²) in [5.41, 5.74) is 0. The Morgan fingerprint density at radius 1 is 1.41 bits per heavy atom. The third-order valence-corrected chi connectivity index (χ3v) is 3.14.